The number of hydrogen-bond acceptors (Lipinski definition) is 4. The van der Waals surface area contributed by atoms with E-state index in [0.29, 0.717) is 12.3 Å². The number of hydrogen-bond donors (Lipinski definition) is 2. The monoisotopic (exact) mass is 278 g/mol. The molecule has 4 nitrogen and oxygen atoms in total. The van der Waals surface area contributed by atoms with Crippen LogP contribution < -0.4 is 10.1 Å². The molecule has 1 aromatic rings. The zero-order valence-corrected chi connectivity index (χ0v) is 12.8. The van der Waals surface area contributed by atoms with Crippen molar-refractivity contribution in [1.29, 1.82) is 0 Å². The first-order valence-electron chi connectivity index (χ1n) is 7.31. The van der Waals surface area contributed by atoms with Crippen LogP contribution in [0.5, 0.6) is 11.5 Å². The number of likely N-dealkylation sites (N-methyl/N-ethyl adjacent to an activating group) is 1. The maximum atomic E-state index is 9.89. The number of aromatic hydroxyl groups is 1. The van der Waals surface area contributed by atoms with E-state index in [1.165, 1.54) is 25.7 Å². The summed E-state index contributed by atoms with van der Waals surface area (Å²) in [5, 5.41) is 13.4. The minimum Gasteiger partial charge on any atom is -0.508 e. The number of phenolic OH excluding ortho intramolecular Hbond substituents is 1. The van der Waals surface area contributed by atoms with E-state index in [-0.39, 0.29) is 5.54 Å². The van der Waals surface area contributed by atoms with Crippen LogP contribution in [0.15, 0.2) is 18.2 Å². The van der Waals surface area contributed by atoms with E-state index in [4.69, 9.17) is 4.74 Å². The Morgan fingerprint density at radius 2 is 2.00 bits per heavy atom. The molecule has 1 saturated carbocycles. The van der Waals surface area contributed by atoms with Crippen LogP contribution in [0.3, 0.4) is 0 Å². The Morgan fingerprint density at radius 1 is 1.30 bits per heavy atom. The number of benzene rings is 1. The van der Waals surface area contributed by atoms with E-state index < -0.39 is 0 Å². The first-order chi connectivity index (χ1) is 9.57. The van der Waals surface area contributed by atoms with Gasteiger partial charge < -0.3 is 20.1 Å². The number of methoxy groups -OCH3 is 1. The molecule has 0 bridgehead atoms. The maximum absolute atomic E-state index is 9.89. The summed E-state index contributed by atoms with van der Waals surface area (Å²) >= 11 is 0. The van der Waals surface area contributed by atoms with E-state index in [1.807, 2.05) is 6.07 Å². The van der Waals surface area contributed by atoms with E-state index in [1.54, 1.807) is 19.2 Å². The predicted molar refractivity (Wildman–Crippen MR) is 81.3 cm³/mol. The molecule has 4 heteroatoms. The van der Waals surface area contributed by atoms with Crippen LogP contribution in [0.2, 0.25) is 0 Å². The Labute approximate surface area is 121 Å². The summed E-state index contributed by atoms with van der Waals surface area (Å²) in [6, 6.07) is 5.35. The third kappa shape index (κ3) is 3.25. The highest BCUT2D eigenvalue weighted by molar-refractivity contribution is 5.39. The minimum atomic E-state index is 0.272. The lowest BCUT2D eigenvalue weighted by Gasteiger charge is -2.36. The first-order valence-corrected chi connectivity index (χ1v) is 7.31. The molecule has 1 aliphatic carbocycles. The van der Waals surface area contributed by atoms with E-state index >= 15 is 0 Å². The highest BCUT2D eigenvalue weighted by Crippen LogP contribution is 2.33. The van der Waals surface area contributed by atoms with Crippen LogP contribution in [0.1, 0.15) is 31.2 Å². The molecule has 0 saturated heterocycles. The van der Waals surface area contributed by atoms with Gasteiger partial charge in [-0.05, 0) is 45.1 Å². The maximum Gasteiger partial charge on any atom is 0.120 e. The molecule has 20 heavy (non-hydrogen) atoms. The van der Waals surface area contributed by atoms with Gasteiger partial charge in [0.05, 0.1) is 7.11 Å². The van der Waals surface area contributed by atoms with Gasteiger partial charge in [-0.25, -0.2) is 0 Å². The standard InChI is InChI=1S/C16H26N2O2/c1-18(2)16(8-4-5-9-16)12-17-11-13-10-14(20-3)6-7-15(13)19/h6-7,10,17,19H,4-5,8-9,11-12H2,1-3H3. The van der Waals surface area contributed by atoms with Crippen molar-refractivity contribution >= 4 is 0 Å². The molecule has 0 spiro atoms. The zero-order valence-electron chi connectivity index (χ0n) is 12.8. The molecular weight excluding hydrogens is 252 g/mol. The molecule has 0 aromatic heterocycles. The van der Waals surface area contributed by atoms with Gasteiger partial charge in [0.25, 0.3) is 0 Å². The average Bonchev–Trinajstić information content (AvgIpc) is 2.91. The molecular formula is C16H26N2O2. The van der Waals surface area contributed by atoms with E-state index in [9.17, 15) is 5.11 Å². The normalized spacial score (nSPS) is 17.6. The lowest BCUT2D eigenvalue weighted by molar-refractivity contribution is 0.153. The average molecular weight is 278 g/mol. The molecule has 1 fully saturated rings. The first kappa shape index (κ1) is 15.1. The van der Waals surface area contributed by atoms with Gasteiger partial charge in [0.1, 0.15) is 11.5 Å². The molecule has 0 heterocycles. The predicted octanol–water partition coefficient (Wildman–Crippen LogP) is 2.36. The van der Waals surface area contributed by atoms with Gasteiger partial charge in [-0.3, -0.25) is 0 Å². The molecule has 2 rings (SSSR count). The van der Waals surface area contributed by atoms with E-state index in [0.717, 1.165) is 17.9 Å². The lowest BCUT2D eigenvalue weighted by atomic mass is 9.96. The van der Waals surface area contributed by atoms with Crippen LogP contribution in [0.4, 0.5) is 0 Å². The van der Waals surface area contributed by atoms with Crippen LogP contribution in [-0.2, 0) is 6.54 Å². The third-order valence-electron chi connectivity index (χ3n) is 4.54. The highest BCUT2D eigenvalue weighted by atomic mass is 16.5. The van der Waals surface area contributed by atoms with E-state index in [2.05, 4.69) is 24.3 Å². The Bertz CT molecular complexity index is 440. The quantitative estimate of drug-likeness (QED) is 0.838. The summed E-state index contributed by atoms with van der Waals surface area (Å²) in [4.78, 5) is 2.35. The number of phenols is 1. The van der Waals surface area contributed by atoms with Crippen molar-refractivity contribution in [3.63, 3.8) is 0 Å². The SMILES string of the molecule is COc1ccc(O)c(CNCC2(N(C)C)CCCC2)c1. The minimum absolute atomic E-state index is 0.272. The summed E-state index contributed by atoms with van der Waals surface area (Å²) in [5.41, 5.74) is 1.16. The van der Waals surface area contributed by atoms with Crippen molar-refractivity contribution in [2.45, 2.75) is 37.8 Å². The summed E-state index contributed by atoms with van der Waals surface area (Å²) in [7, 11) is 5.97. The highest BCUT2D eigenvalue weighted by Gasteiger charge is 2.35. The fourth-order valence-corrected chi connectivity index (χ4v) is 3.08. The summed E-state index contributed by atoms with van der Waals surface area (Å²) in [6.45, 7) is 1.62. The van der Waals surface area contributed by atoms with Gasteiger partial charge in [0.15, 0.2) is 0 Å². The molecule has 0 atom stereocenters. The number of rotatable bonds is 6. The van der Waals surface area contributed by atoms with Crippen LogP contribution in [0, 0.1) is 0 Å². The molecule has 2 N–H and O–H groups in total. The van der Waals surface area contributed by atoms with Crippen LogP contribution >= 0.6 is 0 Å². The Hall–Kier alpha value is -1.26. The fraction of sp³-hybridized carbons (Fsp3) is 0.625. The topological polar surface area (TPSA) is 44.7 Å². The molecule has 112 valence electrons. The van der Waals surface area contributed by atoms with Crippen molar-refractivity contribution in [2.75, 3.05) is 27.7 Å². The summed E-state index contributed by atoms with van der Waals surface area (Å²) < 4.78 is 5.20. The number of ether oxygens (including phenoxy) is 1. The molecule has 0 radical (unpaired) electrons. The van der Waals surface area contributed by atoms with Gasteiger partial charge in [-0.1, -0.05) is 12.8 Å². The summed E-state index contributed by atoms with van der Waals surface area (Å²) in [6.07, 6.45) is 5.11. The Balaban J connectivity index is 1.95. The molecule has 0 aliphatic heterocycles. The van der Waals surface area contributed by atoms with Gasteiger partial charge in [0, 0.05) is 24.2 Å². The number of nitrogens with zero attached hydrogens (tertiary/aromatic N) is 1. The second-order valence-electron chi connectivity index (χ2n) is 5.92. The second kappa shape index (κ2) is 6.46. The zero-order chi connectivity index (χ0) is 14.6. The lowest BCUT2D eigenvalue weighted by Crippen LogP contribution is -2.49. The Kier molecular flexibility index (Phi) is 4.89. The van der Waals surface area contributed by atoms with Crippen molar-refractivity contribution in [3.8, 4) is 11.5 Å². The fourth-order valence-electron chi connectivity index (χ4n) is 3.08. The largest absolute Gasteiger partial charge is 0.508 e. The molecule has 1 aliphatic rings. The van der Waals surface area contributed by atoms with Crippen LogP contribution in [-0.4, -0.2) is 43.3 Å². The van der Waals surface area contributed by atoms with Gasteiger partial charge in [-0.15, -0.1) is 0 Å². The smallest absolute Gasteiger partial charge is 0.120 e. The van der Waals surface area contributed by atoms with Crippen LogP contribution in [0.25, 0.3) is 0 Å². The summed E-state index contributed by atoms with van der Waals surface area (Å²) in [5.74, 6) is 1.10. The molecule has 0 amide bonds. The van der Waals surface area contributed by atoms with Crippen molar-refractivity contribution < 1.29 is 9.84 Å². The molecule has 0 unspecified atom stereocenters. The van der Waals surface area contributed by atoms with Gasteiger partial charge in [0.2, 0.25) is 0 Å². The van der Waals surface area contributed by atoms with Gasteiger partial charge >= 0.3 is 0 Å². The third-order valence-corrected chi connectivity index (χ3v) is 4.54. The van der Waals surface area contributed by atoms with Crippen molar-refractivity contribution in [3.05, 3.63) is 23.8 Å². The van der Waals surface area contributed by atoms with Crippen molar-refractivity contribution in [2.24, 2.45) is 0 Å². The number of nitrogens with one attached hydrogen (secondary N) is 1. The molecule has 1 aromatic carbocycles. The van der Waals surface area contributed by atoms with Crippen molar-refractivity contribution in [1.82, 2.24) is 10.2 Å². The van der Waals surface area contributed by atoms with Gasteiger partial charge in [-0.2, -0.15) is 0 Å². The second-order valence-corrected chi connectivity index (χ2v) is 5.92. The Morgan fingerprint density at radius 3 is 2.60 bits per heavy atom.